The maximum absolute atomic E-state index is 12.7. The second kappa shape index (κ2) is 10.3. The van der Waals surface area contributed by atoms with Crippen LogP contribution < -0.4 is 5.63 Å². The fourth-order valence-corrected chi connectivity index (χ4v) is 3.09. The smallest absolute Gasteiger partial charge is 0.348 e. The van der Waals surface area contributed by atoms with Crippen LogP contribution in [0.5, 0.6) is 28.7 Å². The molecule has 6 N–H and O–H groups in total. The lowest BCUT2D eigenvalue weighted by Crippen LogP contribution is -2.12. The second-order valence-corrected chi connectivity index (χ2v) is 7.55. The Morgan fingerprint density at radius 2 is 1.39 bits per heavy atom. The number of carbonyl (C=O) groups is 2. The van der Waals surface area contributed by atoms with Gasteiger partial charge in [-0.25, -0.2) is 4.79 Å². The highest BCUT2D eigenvalue weighted by Crippen LogP contribution is 2.32. The molecule has 0 amide bonds. The van der Waals surface area contributed by atoms with E-state index in [0.29, 0.717) is 5.56 Å². The summed E-state index contributed by atoms with van der Waals surface area (Å²) < 4.78 is 5.04. The summed E-state index contributed by atoms with van der Waals surface area (Å²) in [4.78, 5) is 36.7. The third-order valence-electron chi connectivity index (χ3n) is 4.80. The molecule has 0 fully saturated rings. The lowest BCUT2D eigenvalue weighted by atomic mass is 10.00. The van der Waals surface area contributed by atoms with Gasteiger partial charge in [0.2, 0.25) is 5.78 Å². The largest absolute Gasteiger partial charge is 0.507 e. The molecule has 2 aromatic carbocycles. The molecule has 0 aliphatic carbocycles. The number of rotatable bonds is 7. The molecular weight excluding hydrogens is 472 g/mol. The van der Waals surface area contributed by atoms with E-state index in [1.807, 2.05) is 0 Å². The van der Waals surface area contributed by atoms with Crippen molar-refractivity contribution < 1.29 is 44.6 Å². The van der Waals surface area contributed by atoms with E-state index in [1.165, 1.54) is 30.3 Å². The maximum atomic E-state index is 12.7. The van der Waals surface area contributed by atoms with Crippen LogP contribution in [0, 0.1) is 0 Å². The van der Waals surface area contributed by atoms with Crippen molar-refractivity contribution in [2.24, 2.45) is 0 Å². The average molecular weight is 492 g/mol. The van der Waals surface area contributed by atoms with Gasteiger partial charge in [-0.3, -0.25) is 9.59 Å². The van der Waals surface area contributed by atoms with Gasteiger partial charge in [-0.2, -0.15) is 0 Å². The van der Waals surface area contributed by atoms with Crippen LogP contribution in [0.15, 0.2) is 69.6 Å². The predicted molar refractivity (Wildman–Crippen MR) is 129 cm³/mol. The number of aliphatic hydroxyl groups is 1. The first kappa shape index (κ1) is 25.4. The van der Waals surface area contributed by atoms with Crippen molar-refractivity contribution in [2.45, 2.75) is 6.92 Å². The number of hydrogen-bond donors (Lipinski definition) is 6. The zero-order valence-electron chi connectivity index (χ0n) is 18.7. The van der Waals surface area contributed by atoms with E-state index >= 15 is 0 Å². The van der Waals surface area contributed by atoms with Gasteiger partial charge in [0.05, 0.1) is 0 Å². The minimum atomic E-state index is -1.22. The van der Waals surface area contributed by atoms with Crippen LogP contribution in [0.3, 0.4) is 0 Å². The van der Waals surface area contributed by atoms with Crippen LogP contribution >= 0.6 is 0 Å². The minimum absolute atomic E-state index is 0.183. The van der Waals surface area contributed by atoms with E-state index in [1.54, 1.807) is 0 Å². The number of aromatic hydroxyl groups is 5. The summed E-state index contributed by atoms with van der Waals surface area (Å²) in [7, 11) is 0. The monoisotopic (exact) mass is 492 g/mol. The van der Waals surface area contributed by atoms with Crippen LogP contribution in [0.4, 0.5) is 0 Å². The first-order valence-electron chi connectivity index (χ1n) is 10.2. The SMILES string of the molecule is CC(=O)/C=C(O)/C(=C\c1ccc(O)c(O)c1)c1c(O)cc(C(=O)/C=C/c2ccc(O)c(O)c2)oc1=O. The summed E-state index contributed by atoms with van der Waals surface area (Å²) >= 11 is 0. The van der Waals surface area contributed by atoms with Crippen molar-refractivity contribution in [1.29, 1.82) is 0 Å². The molecule has 0 atom stereocenters. The lowest BCUT2D eigenvalue weighted by molar-refractivity contribution is -0.112. The molecule has 3 rings (SSSR count). The molecule has 3 aromatic rings. The van der Waals surface area contributed by atoms with E-state index in [2.05, 4.69) is 0 Å². The number of benzene rings is 2. The molecule has 0 radical (unpaired) electrons. The first-order chi connectivity index (χ1) is 17.0. The highest BCUT2D eigenvalue weighted by atomic mass is 16.4. The fraction of sp³-hybridized carbons (Fsp3) is 0.0385. The molecule has 10 nitrogen and oxygen atoms in total. The molecule has 0 aliphatic rings. The molecule has 0 saturated carbocycles. The van der Waals surface area contributed by atoms with E-state index in [-0.39, 0.29) is 16.9 Å². The topological polar surface area (TPSA) is 186 Å². The molecule has 184 valence electrons. The van der Waals surface area contributed by atoms with E-state index in [0.717, 1.165) is 43.4 Å². The van der Waals surface area contributed by atoms with Gasteiger partial charge < -0.3 is 35.1 Å². The summed E-state index contributed by atoms with van der Waals surface area (Å²) in [5.41, 5.74) is -1.60. The van der Waals surface area contributed by atoms with Gasteiger partial charge in [0.25, 0.3) is 0 Å². The number of aliphatic hydroxyl groups excluding tert-OH is 1. The Labute approximate surface area is 203 Å². The van der Waals surface area contributed by atoms with E-state index in [9.17, 15) is 45.0 Å². The van der Waals surface area contributed by atoms with Crippen molar-refractivity contribution in [3.8, 4) is 28.7 Å². The molecule has 10 heteroatoms. The van der Waals surface area contributed by atoms with Gasteiger partial charge >= 0.3 is 5.63 Å². The van der Waals surface area contributed by atoms with Crippen molar-refractivity contribution >= 4 is 29.3 Å². The minimum Gasteiger partial charge on any atom is -0.507 e. The molecule has 0 bridgehead atoms. The second-order valence-electron chi connectivity index (χ2n) is 7.55. The molecule has 1 heterocycles. The van der Waals surface area contributed by atoms with Crippen LogP contribution in [0.1, 0.15) is 34.2 Å². The highest BCUT2D eigenvalue weighted by molar-refractivity contribution is 6.05. The average Bonchev–Trinajstić information content (AvgIpc) is 2.80. The van der Waals surface area contributed by atoms with Crippen LogP contribution in [-0.2, 0) is 4.79 Å². The zero-order chi connectivity index (χ0) is 26.6. The number of phenols is 4. The Balaban J connectivity index is 2.05. The van der Waals surface area contributed by atoms with Gasteiger partial charge in [-0.1, -0.05) is 18.2 Å². The number of ketones is 2. The summed E-state index contributed by atoms with van der Waals surface area (Å²) in [6, 6.07) is 8.26. The summed E-state index contributed by atoms with van der Waals surface area (Å²) in [6.07, 6.45) is 4.22. The zero-order valence-corrected chi connectivity index (χ0v) is 18.7. The van der Waals surface area contributed by atoms with Gasteiger partial charge in [-0.15, -0.1) is 0 Å². The normalized spacial score (nSPS) is 12.1. The maximum Gasteiger partial charge on any atom is 0.348 e. The molecule has 0 saturated heterocycles. The van der Waals surface area contributed by atoms with Gasteiger partial charge in [0.15, 0.2) is 34.5 Å². The number of hydrogen-bond acceptors (Lipinski definition) is 10. The standard InChI is InChI=1S/C26H20O10/c1-13(27)8-20(31)16(9-15-4-6-18(29)22(33)11-15)25-23(34)12-24(36-26(25)35)19(30)7-3-14-2-5-17(28)21(32)10-14/h2-12,28-29,31-34H,1H3/b7-3+,16-9+,20-8-. The predicted octanol–water partition coefficient (Wildman–Crippen LogP) is 3.64. The third kappa shape index (κ3) is 5.81. The molecule has 0 unspecified atom stereocenters. The van der Waals surface area contributed by atoms with Crippen LogP contribution in [0.2, 0.25) is 0 Å². The number of carbonyl (C=O) groups excluding carboxylic acids is 2. The Hall–Kier alpha value is -5.25. The van der Waals surface area contributed by atoms with E-state index < -0.39 is 57.3 Å². The van der Waals surface area contributed by atoms with Crippen LogP contribution in [-0.4, -0.2) is 42.2 Å². The van der Waals surface area contributed by atoms with Crippen molar-refractivity contribution in [2.75, 3.05) is 0 Å². The molecule has 0 spiro atoms. The Bertz CT molecular complexity index is 1510. The van der Waals surface area contributed by atoms with E-state index in [4.69, 9.17) is 4.42 Å². The van der Waals surface area contributed by atoms with Crippen molar-refractivity contribution in [1.82, 2.24) is 0 Å². The quantitative estimate of drug-likeness (QED) is 0.0935. The van der Waals surface area contributed by atoms with Gasteiger partial charge in [0.1, 0.15) is 17.1 Å². The van der Waals surface area contributed by atoms with Crippen LogP contribution in [0.25, 0.3) is 17.7 Å². The summed E-state index contributed by atoms with van der Waals surface area (Å²) in [5.74, 6) is -5.06. The fourth-order valence-electron chi connectivity index (χ4n) is 3.09. The lowest BCUT2D eigenvalue weighted by Gasteiger charge is -2.09. The molecule has 1 aromatic heterocycles. The van der Waals surface area contributed by atoms with Crippen molar-refractivity contribution in [3.63, 3.8) is 0 Å². The van der Waals surface area contributed by atoms with Crippen molar-refractivity contribution in [3.05, 3.63) is 93.2 Å². The Morgan fingerprint density at radius 3 is 1.94 bits per heavy atom. The molecular formula is C26H20O10. The number of allylic oxidation sites excluding steroid dienone is 3. The van der Waals surface area contributed by atoms with Gasteiger partial charge in [-0.05, 0) is 54.5 Å². The Morgan fingerprint density at radius 1 is 0.806 bits per heavy atom. The third-order valence-corrected chi connectivity index (χ3v) is 4.80. The first-order valence-corrected chi connectivity index (χ1v) is 10.2. The summed E-state index contributed by atoms with van der Waals surface area (Å²) in [5, 5.41) is 59.1. The summed E-state index contributed by atoms with van der Waals surface area (Å²) in [6.45, 7) is 1.14. The highest BCUT2D eigenvalue weighted by Gasteiger charge is 2.21. The van der Waals surface area contributed by atoms with Gasteiger partial charge in [0, 0.05) is 17.7 Å². The molecule has 36 heavy (non-hydrogen) atoms. The Kier molecular flexibility index (Phi) is 7.29. The number of phenolic OH excluding ortho intramolecular Hbond substituents is 4. The molecule has 0 aliphatic heterocycles.